The van der Waals surface area contributed by atoms with Crippen molar-refractivity contribution in [3.8, 4) is 0 Å². The monoisotopic (exact) mass is 230 g/mol. The van der Waals surface area contributed by atoms with E-state index in [2.05, 4.69) is 10.6 Å². The van der Waals surface area contributed by atoms with Crippen LogP contribution in [0, 0.1) is 5.92 Å². The molecule has 1 unspecified atom stereocenters. The molecule has 0 aliphatic rings. The van der Waals surface area contributed by atoms with Gasteiger partial charge in [-0.2, -0.15) is 0 Å². The van der Waals surface area contributed by atoms with Crippen LogP contribution in [0.1, 0.15) is 41.0 Å². The molecule has 0 aliphatic heterocycles. The van der Waals surface area contributed by atoms with Gasteiger partial charge in [-0.05, 0) is 33.1 Å². The maximum atomic E-state index is 11.4. The number of hydrogen-bond acceptors (Lipinski definition) is 3. The van der Waals surface area contributed by atoms with Crippen LogP contribution in [0.25, 0.3) is 0 Å². The molecule has 0 aromatic heterocycles. The molecule has 0 radical (unpaired) electrons. The quantitative estimate of drug-likeness (QED) is 0.635. The zero-order chi connectivity index (χ0) is 12.8. The Morgan fingerprint density at radius 3 is 2.31 bits per heavy atom. The molecule has 16 heavy (non-hydrogen) atoms. The van der Waals surface area contributed by atoms with E-state index in [1.54, 1.807) is 0 Å². The normalized spacial score (nSPS) is 13.9. The molecule has 3 N–H and O–H groups in total. The van der Waals surface area contributed by atoms with E-state index >= 15 is 0 Å². The van der Waals surface area contributed by atoms with Gasteiger partial charge in [0.25, 0.3) is 0 Å². The summed E-state index contributed by atoms with van der Waals surface area (Å²) in [6, 6.07) is 0. The molecule has 0 fully saturated rings. The molecular weight excluding hydrogens is 204 g/mol. The zero-order valence-corrected chi connectivity index (χ0v) is 11.1. The van der Waals surface area contributed by atoms with Crippen LogP contribution in [0.3, 0.4) is 0 Å². The van der Waals surface area contributed by atoms with Gasteiger partial charge in [-0.1, -0.05) is 13.8 Å². The van der Waals surface area contributed by atoms with Crippen molar-refractivity contribution in [1.29, 1.82) is 0 Å². The highest BCUT2D eigenvalue weighted by atomic mass is 16.3. The summed E-state index contributed by atoms with van der Waals surface area (Å²) in [6.07, 6.45) is 0.270. The van der Waals surface area contributed by atoms with Crippen molar-refractivity contribution in [1.82, 2.24) is 10.6 Å². The largest absolute Gasteiger partial charge is 0.391 e. The molecule has 0 aromatic rings. The van der Waals surface area contributed by atoms with E-state index in [4.69, 9.17) is 0 Å². The second kappa shape index (κ2) is 6.86. The van der Waals surface area contributed by atoms with Crippen LogP contribution < -0.4 is 10.6 Å². The van der Waals surface area contributed by atoms with E-state index in [9.17, 15) is 9.90 Å². The third-order valence-corrected chi connectivity index (χ3v) is 2.06. The predicted molar refractivity (Wildman–Crippen MR) is 66.2 cm³/mol. The van der Waals surface area contributed by atoms with Gasteiger partial charge in [0, 0.05) is 12.1 Å². The number of amides is 1. The van der Waals surface area contributed by atoms with Gasteiger partial charge in [0.15, 0.2) is 0 Å². The number of hydrogen-bond donors (Lipinski definition) is 3. The topological polar surface area (TPSA) is 61.4 Å². The van der Waals surface area contributed by atoms with Gasteiger partial charge >= 0.3 is 0 Å². The molecule has 0 aromatic carbocycles. The molecule has 4 nitrogen and oxygen atoms in total. The van der Waals surface area contributed by atoms with Crippen LogP contribution in [-0.2, 0) is 4.79 Å². The van der Waals surface area contributed by atoms with Crippen LogP contribution in [0.15, 0.2) is 0 Å². The predicted octanol–water partition coefficient (Wildman–Crippen LogP) is 0.898. The van der Waals surface area contributed by atoms with Crippen LogP contribution in [0.4, 0.5) is 0 Å². The Morgan fingerprint density at radius 1 is 1.31 bits per heavy atom. The average molecular weight is 230 g/mol. The number of aliphatic hydroxyl groups excluding tert-OH is 1. The van der Waals surface area contributed by atoms with Crippen molar-refractivity contribution in [2.24, 2.45) is 5.92 Å². The number of carbonyl (C=O) groups excluding carboxylic acids is 1. The van der Waals surface area contributed by atoms with Gasteiger partial charge in [0.1, 0.15) is 0 Å². The molecule has 0 bridgehead atoms. The first-order valence-electron chi connectivity index (χ1n) is 5.90. The molecule has 0 spiro atoms. The number of aliphatic hydroxyl groups is 1. The van der Waals surface area contributed by atoms with E-state index < -0.39 is 6.10 Å². The standard InChI is InChI=1S/C12H26N2O2/c1-9(2)6-10(15)7-13-11(16)8-14-12(3,4)5/h9-10,14-15H,6-8H2,1-5H3,(H,13,16). The Bertz CT molecular complexity index is 210. The fraction of sp³-hybridized carbons (Fsp3) is 0.917. The summed E-state index contributed by atoms with van der Waals surface area (Å²) in [5.74, 6) is 0.373. The second-order valence-corrected chi connectivity index (χ2v) is 5.69. The van der Waals surface area contributed by atoms with E-state index in [0.29, 0.717) is 18.9 Å². The zero-order valence-electron chi connectivity index (χ0n) is 11.1. The Balaban J connectivity index is 3.65. The van der Waals surface area contributed by atoms with Crippen LogP contribution in [0.2, 0.25) is 0 Å². The molecule has 0 aliphatic carbocycles. The van der Waals surface area contributed by atoms with Gasteiger partial charge < -0.3 is 15.7 Å². The van der Waals surface area contributed by atoms with Crippen molar-refractivity contribution in [2.75, 3.05) is 13.1 Å². The van der Waals surface area contributed by atoms with Crippen molar-refractivity contribution in [3.63, 3.8) is 0 Å². The Kier molecular flexibility index (Phi) is 6.60. The van der Waals surface area contributed by atoms with Crippen molar-refractivity contribution < 1.29 is 9.90 Å². The maximum Gasteiger partial charge on any atom is 0.234 e. The lowest BCUT2D eigenvalue weighted by Gasteiger charge is -2.20. The SMILES string of the molecule is CC(C)CC(O)CNC(=O)CNC(C)(C)C. The summed E-state index contributed by atoms with van der Waals surface area (Å²) in [6.45, 7) is 10.7. The minimum absolute atomic E-state index is 0.0616. The van der Waals surface area contributed by atoms with Gasteiger partial charge in [-0.25, -0.2) is 0 Å². The molecule has 1 atom stereocenters. The van der Waals surface area contributed by atoms with Gasteiger partial charge in [0.05, 0.1) is 12.6 Å². The van der Waals surface area contributed by atoms with E-state index in [-0.39, 0.29) is 18.0 Å². The van der Waals surface area contributed by atoms with Gasteiger partial charge in [-0.3, -0.25) is 4.79 Å². The first-order chi connectivity index (χ1) is 7.20. The minimum atomic E-state index is -0.446. The number of carbonyl (C=O) groups is 1. The van der Waals surface area contributed by atoms with E-state index in [1.165, 1.54) is 0 Å². The van der Waals surface area contributed by atoms with Crippen molar-refractivity contribution in [2.45, 2.75) is 52.7 Å². The lowest BCUT2D eigenvalue weighted by Crippen LogP contribution is -2.44. The third kappa shape index (κ3) is 9.93. The van der Waals surface area contributed by atoms with Crippen LogP contribution in [-0.4, -0.2) is 35.7 Å². The molecule has 0 saturated heterocycles. The van der Waals surface area contributed by atoms with Crippen LogP contribution >= 0.6 is 0 Å². The van der Waals surface area contributed by atoms with Crippen molar-refractivity contribution >= 4 is 5.91 Å². The van der Waals surface area contributed by atoms with Crippen LogP contribution in [0.5, 0.6) is 0 Å². The minimum Gasteiger partial charge on any atom is -0.391 e. The molecule has 0 rings (SSSR count). The fourth-order valence-electron chi connectivity index (χ4n) is 1.27. The summed E-state index contributed by atoms with van der Waals surface area (Å²) in [5.41, 5.74) is -0.0616. The second-order valence-electron chi connectivity index (χ2n) is 5.69. The Morgan fingerprint density at radius 2 is 1.88 bits per heavy atom. The summed E-state index contributed by atoms with van der Waals surface area (Å²) in [7, 11) is 0. The lowest BCUT2D eigenvalue weighted by molar-refractivity contribution is -0.121. The van der Waals surface area contributed by atoms with E-state index in [0.717, 1.165) is 0 Å². The van der Waals surface area contributed by atoms with Crippen molar-refractivity contribution in [3.05, 3.63) is 0 Å². The lowest BCUT2D eigenvalue weighted by atomic mass is 10.1. The highest BCUT2D eigenvalue weighted by molar-refractivity contribution is 5.78. The highest BCUT2D eigenvalue weighted by Crippen LogP contribution is 2.03. The molecular formula is C12H26N2O2. The molecule has 1 amide bonds. The smallest absolute Gasteiger partial charge is 0.234 e. The summed E-state index contributed by atoms with van der Waals surface area (Å²) >= 11 is 0. The highest BCUT2D eigenvalue weighted by Gasteiger charge is 2.12. The molecule has 0 saturated carbocycles. The first kappa shape index (κ1) is 15.4. The third-order valence-electron chi connectivity index (χ3n) is 2.06. The summed E-state index contributed by atoms with van der Waals surface area (Å²) < 4.78 is 0. The molecule has 4 heteroatoms. The van der Waals surface area contributed by atoms with E-state index in [1.807, 2.05) is 34.6 Å². The average Bonchev–Trinajstić information content (AvgIpc) is 2.09. The first-order valence-corrected chi connectivity index (χ1v) is 5.90. The molecule has 0 heterocycles. The summed E-state index contributed by atoms with van der Waals surface area (Å²) in [5, 5.41) is 15.4. The number of rotatable bonds is 6. The molecule has 96 valence electrons. The maximum absolute atomic E-state index is 11.4. The fourth-order valence-corrected chi connectivity index (χ4v) is 1.27. The van der Waals surface area contributed by atoms with Gasteiger partial charge in [-0.15, -0.1) is 0 Å². The summed E-state index contributed by atoms with van der Waals surface area (Å²) in [4.78, 5) is 11.4. The number of nitrogens with one attached hydrogen (secondary N) is 2. The van der Waals surface area contributed by atoms with Gasteiger partial charge in [0.2, 0.25) is 5.91 Å². The Labute approximate surface area is 98.8 Å². The Hall–Kier alpha value is -0.610.